The summed E-state index contributed by atoms with van der Waals surface area (Å²) in [6.07, 6.45) is 9.62. The monoisotopic (exact) mass is 400 g/mol. The number of aromatic nitrogens is 3. The fourth-order valence-corrected chi connectivity index (χ4v) is 3.65. The molecule has 29 heavy (non-hydrogen) atoms. The lowest BCUT2D eigenvalue weighted by molar-refractivity contribution is -0.116. The van der Waals surface area contributed by atoms with Gasteiger partial charge in [-0.25, -0.2) is 4.68 Å². The molecular weight excluding hydrogens is 380 g/mol. The van der Waals surface area contributed by atoms with E-state index in [1.807, 2.05) is 64.8 Å². The van der Waals surface area contributed by atoms with Crippen molar-refractivity contribution in [3.8, 4) is 16.9 Å². The van der Waals surface area contributed by atoms with E-state index in [1.54, 1.807) is 35.9 Å². The number of carbonyl (C=O) groups is 1. The molecular formula is C23H20N4OS. The van der Waals surface area contributed by atoms with Gasteiger partial charge in [-0.1, -0.05) is 24.3 Å². The summed E-state index contributed by atoms with van der Waals surface area (Å²) in [7, 11) is 0. The molecule has 1 N–H and O–H groups in total. The van der Waals surface area contributed by atoms with Gasteiger partial charge in [0.2, 0.25) is 5.91 Å². The molecule has 1 amide bonds. The molecule has 4 aromatic rings. The summed E-state index contributed by atoms with van der Waals surface area (Å²) in [5.74, 6) is -0.119. The Labute approximate surface area is 173 Å². The molecule has 0 saturated heterocycles. The quantitative estimate of drug-likeness (QED) is 0.469. The average Bonchev–Trinajstić information content (AvgIpc) is 3.44. The van der Waals surface area contributed by atoms with Crippen molar-refractivity contribution in [3.63, 3.8) is 0 Å². The molecule has 0 aliphatic rings. The third kappa shape index (κ3) is 4.86. The van der Waals surface area contributed by atoms with Crippen molar-refractivity contribution in [2.75, 3.05) is 6.54 Å². The Balaban J connectivity index is 1.52. The lowest BCUT2D eigenvalue weighted by atomic mass is 10.1. The first-order valence-corrected chi connectivity index (χ1v) is 10.2. The van der Waals surface area contributed by atoms with E-state index in [9.17, 15) is 4.79 Å². The summed E-state index contributed by atoms with van der Waals surface area (Å²) < 4.78 is 1.82. The molecule has 0 fully saturated rings. The fraction of sp³-hybridized carbons (Fsp3) is 0.0870. The minimum absolute atomic E-state index is 0.119. The van der Waals surface area contributed by atoms with Crippen molar-refractivity contribution < 1.29 is 4.79 Å². The van der Waals surface area contributed by atoms with Crippen LogP contribution in [0.1, 0.15) is 10.4 Å². The minimum atomic E-state index is -0.119. The second-order valence-corrected chi connectivity index (χ2v) is 7.44. The Morgan fingerprint density at radius 2 is 2.00 bits per heavy atom. The summed E-state index contributed by atoms with van der Waals surface area (Å²) in [6, 6.07) is 17.8. The highest BCUT2D eigenvalue weighted by Gasteiger charge is 2.11. The van der Waals surface area contributed by atoms with Crippen LogP contribution in [0.2, 0.25) is 0 Å². The van der Waals surface area contributed by atoms with Crippen LogP contribution in [-0.2, 0) is 11.2 Å². The summed E-state index contributed by atoms with van der Waals surface area (Å²) in [6.45, 7) is 0.614. The number of nitrogens with zero attached hydrogens (tertiary/aromatic N) is 3. The maximum Gasteiger partial charge on any atom is 0.244 e. The molecule has 0 aliphatic carbocycles. The van der Waals surface area contributed by atoms with Crippen LogP contribution < -0.4 is 5.32 Å². The number of benzene rings is 1. The smallest absolute Gasteiger partial charge is 0.244 e. The van der Waals surface area contributed by atoms with Crippen LogP contribution in [0.15, 0.2) is 84.6 Å². The zero-order chi connectivity index (χ0) is 19.9. The van der Waals surface area contributed by atoms with E-state index in [0.29, 0.717) is 6.54 Å². The molecule has 5 nitrogen and oxygen atoms in total. The van der Waals surface area contributed by atoms with Crippen molar-refractivity contribution in [1.29, 1.82) is 0 Å². The maximum absolute atomic E-state index is 12.2. The molecule has 0 saturated carbocycles. The number of nitrogens with one attached hydrogen (secondary N) is 1. The number of hydrogen-bond acceptors (Lipinski definition) is 4. The molecule has 0 bridgehead atoms. The van der Waals surface area contributed by atoms with Gasteiger partial charge in [0.1, 0.15) is 5.69 Å². The Morgan fingerprint density at radius 3 is 2.76 bits per heavy atom. The van der Waals surface area contributed by atoms with Crippen LogP contribution in [0.4, 0.5) is 0 Å². The Kier molecular flexibility index (Phi) is 5.92. The molecule has 4 rings (SSSR count). The summed E-state index contributed by atoms with van der Waals surface area (Å²) in [5.41, 5.74) is 3.50. The average molecular weight is 401 g/mol. The molecule has 0 aliphatic heterocycles. The van der Waals surface area contributed by atoms with Gasteiger partial charge >= 0.3 is 0 Å². The van der Waals surface area contributed by atoms with Crippen molar-refractivity contribution in [2.45, 2.75) is 6.42 Å². The molecule has 0 radical (unpaired) electrons. The van der Waals surface area contributed by atoms with Crippen LogP contribution >= 0.6 is 11.3 Å². The zero-order valence-corrected chi connectivity index (χ0v) is 16.5. The predicted octanol–water partition coefficient (Wildman–Crippen LogP) is 4.37. The second-order valence-electron chi connectivity index (χ2n) is 6.41. The predicted molar refractivity (Wildman–Crippen MR) is 117 cm³/mol. The highest BCUT2D eigenvalue weighted by molar-refractivity contribution is 7.09. The van der Waals surface area contributed by atoms with E-state index in [-0.39, 0.29) is 5.91 Å². The largest absolute Gasteiger partial charge is 0.352 e. The van der Waals surface area contributed by atoms with E-state index >= 15 is 0 Å². The van der Waals surface area contributed by atoms with Crippen LogP contribution in [-0.4, -0.2) is 27.2 Å². The number of amides is 1. The summed E-state index contributed by atoms with van der Waals surface area (Å²) >= 11 is 1.70. The molecule has 144 valence electrons. The van der Waals surface area contributed by atoms with Crippen LogP contribution in [0.3, 0.4) is 0 Å². The highest BCUT2D eigenvalue weighted by atomic mass is 32.1. The fourth-order valence-electron chi connectivity index (χ4n) is 2.94. The molecule has 3 aromatic heterocycles. The molecule has 0 atom stereocenters. The van der Waals surface area contributed by atoms with Crippen molar-refractivity contribution >= 4 is 23.3 Å². The van der Waals surface area contributed by atoms with Crippen LogP contribution in [0.25, 0.3) is 23.0 Å². The third-order valence-electron chi connectivity index (χ3n) is 4.36. The molecule has 0 unspecified atom stereocenters. The Bertz CT molecular complexity index is 1090. The van der Waals surface area contributed by atoms with E-state index in [4.69, 9.17) is 5.10 Å². The Morgan fingerprint density at radius 1 is 1.10 bits per heavy atom. The van der Waals surface area contributed by atoms with E-state index < -0.39 is 0 Å². The Hall–Kier alpha value is -3.51. The lowest BCUT2D eigenvalue weighted by Gasteiger charge is -2.00. The van der Waals surface area contributed by atoms with Crippen LogP contribution in [0, 0.1) is 0 Å². The minimum Gasteiger partial charge on any atom is -0.352 e. The second kappa shape index (κ2) is 9.12. The van der Waals surface area contributed by atoms with Gasteiger partial charge in [0, 0.05) is 47.2 Å². The van der Waals surface area contributed by atoms with E-state index in [0.717, 1.165) is 28.9 Å². The number of hydrogen-bond donors (Lipinski definition) is 1. The van der Waals surface area contributed by atoms with Gasteiger partial charge in [-0.2, -0.15) is 5.10 Å². The normalized spacial score (nSPS) is 11.0. The van der Waals surface area contributed by atoms with Crippen LogP contribution in [0.5, 0.6) is 0 Å². The van der Waals surface area contributed by atoms with Crippen molar-refractivity contribution in [3.05, 3.63) is 95.1 Å². The maximum atomic E-state index is 12.2. The first kappa shape index (κ1) is 18.8. The summed E-state index contributed by atoms with van der Waals surface area (Å²) in [4.78, 5) is 17.7. The molecule has 3 heterocycles. The summed E-state index contributed by atoms with van der Waals surface area (Å²) in [5, 5.41) is 9.69. The molecule has 6 heteroatoms. The van der Waals surface area contributed by atoms with Gasteiger partial charge < -0.3 is 5.32 Å². The van der Waals surface area contributed by atoms with E-state index in [2.05, 4.69) is 16.4 Å². The number of thiophene rings is 1. The molecule has 0 spiro atoms. The lowest BCUT2D eigenvalue weighted by Crippen LogP contribution is -2.23. The number of para-hydroxylation sites is 1. The highest BCUT2D eigenvalue weighted by Crippen LogP contribution is 2.24. The van der Waals surface area contributed by atoms with Gasteiger partial charge in [0.05, 0.1) is 5.69 Å². The third-order valence-corrected chi connectivity index (χ3v) is 5.30. The number of pyridine rings is 1. The van der Waals surface area contributed by atoms with E-state index in [1.165, 1.54) is 4.88 Å². The SMILES string of the molecule is O=C(/C=C/c1cn(-c2ccccc2)nc1-c1cccnc1)NCCc1cccs1. The van der Waals surface area contributed by atoms with Gasteiger partial charge in [-0.3, -0.25) is 9.78 Å². The van der Waals surface area contributed by atoms with Gasteiger partial charge in [0.25, 0.3) is 0 Å². The van der Waals surface area contributed by atoms with Crippen molar-refractivity contribution in [1.82, 2.24) is 20.1 Å². The topological polar surface area (TPSA) is 59.8 Å². The first-order chi connectivity index (χ1) is 14.3. The number of carbonyl (C=O) groups excluding carboxylic acids is 1. The van der Waals surface area contributed by atoms with Gasteiger partial charge in [-0.05, 0) is 48.2 Å². The van der Waals surface area contributed by atoms with Gasteiger partial charge in [-0.15, -0.1) is 11.3 Å². The first-order valence-electron chi connectivity index (χ1n) is 9.33. The number of rotatable bonds is 7. The molecule has 1 aromatic carbocycles. The zero-order valence-electron chi connectivity index (χ0n) is 15.7. The van der Waals surface area contributed by atoms with Gasteiger partial charge in [0.15, 0.2) is 0 Å². The standard InChI is InChI=1S/C23H20N4OS/c28-22(25-14-12-21-9-5-15-29-21)11-10-19-17-27(20-7-2-1-3-8-20)26-23(19)18-6-4-13-24-16-18/h1-11,13,15-17H,12,14H2,(H,25,28)/b11-10+. The van der Waals surface area contributed by atoms with Crippen molar-refractivity contribution in [2.24, 2.45) is 0 Å².